The second-order valence-electron chi connectivity index (χ2n) is 4.60. The second kappa shape index (κ2) is 9.51. The van der Waals surface area contributed by atoms with Crippen LogP contribution in [0.5, 0.6) is 0 Å². The molecule has 0 aliphatic carbocycles. The second-order valence-corrected chi connectivity index (χ2v) is 4.60. The molecule has 0 aromatic heterocycles. The van der Waals surface area contributed by atoms with Crippen LogP contribution < -0.4 is 0 Å². The zero-order valence-corrected chi connectivity index (χ0v) is 10.5. The Morgan fingerprint density at radius 2 is 1.50 bits per heavy atom. The molecular weight excluding hydrogens is 172 g/mol. The van der Waals surface area contributed by atoms with E-state index < -0.39 is 0 Å². The van der Waals surface area contributed by atoms with E-state index >= 15 is 0 Å². The standard InChI is InChI=1S/C13H28O/c1-5-10-14-11-9-13(4)8-7-12(3)6-2/h12-13H,5-11H2,1-4H3. The van der Waals surface area contributed by atoms with Gasteiger partial charge < -0.3 is 4.74 Å². The van der Waals surface area contributed by atoms with E-state index in [2.05, 4.69) is 27.7 Å². The van der Waals surface area contributed by atoms with E-state index in [1.807, 2.05) is 0 Å². The molecule has 0 radical (unpaired) electrons. The molecule has 0 bridgehead atoms. The maximum Gasteiger partial charge on any atom is 0.0468 e. The average Bonchev–Trinajstić information content (AvgIpc) is 2.21. The van der Waals surface area contributed by atoms with Crippen LogP contribution in [0, 0.1) is 11.8 Å². The van der Waals surface area contributed by atoms with Crippen molar-refractivity contribution >= 4 is 0 Å². The summed E-state index contributed by atoms with van der Waals surface area (Å²) in [6.45, 7) is 11.0. The van der Waals surface area contributed by atoms with Crippen LogP contribution in [0.2, 0.25) is 0 Å². The van der Waals surface area contributed by atoms with Gasteiger partial charge in [-0.1, -0.05) is 47.0 Å². The number of ether oxygens (including phenoxy) is 1. The van der Waals surface area contributed by atoms with Crippen molar-refractivity contribution in [3.63, 3.8) is 0 Å². The van der Waals surface area contributed by atoms with Gasteiger partial charge in [0.1, 0.15) is 0 Å². The molecule has 0 N–H and O–H groups in total. The molecule has 0 aliphatic heterocycles. The zero-order chi connectivity index (χ0) is 10.8. The van der Waals surface area contributed by atoms with Gasteiger partial charge in [0.15, 0.2) is 0 Å². The Morgan fingerprint density at radius 3 is 2.07 bits per heavy atom. The van der Waals surface area contributed by atoms with Crippen molar-refractivity contribution in [2.75, 3.05) is 13.2 Å². The lowest BCUT2D eigenvalue weighted by atomic mass is 9.95. The molecular formula is C13H28O. The summed E-state index contributed by atoms with van der Waals surface area (Å²) in [6.07, 6.45) is 6.44. The maximum atomic E-state index is 5.49. The van der Waals surface area contributed by atoms with Crippen molar-refractivity contribution in [2.24, 2.45) is 11.8 Å². The highest BCUT2D eigenvalue weighted by Crippen LogP contribution is 2.17. The fraction of sp³-hybridized carbons (Fsp3) is 1.00. The minimum absolute atomic E-state index is 0.834. The molecule has 86 valence electrons. The van der Waals surface area contributed by atoms with Gasteiger partial charge in [0, 0.05) is 13.2 Å². The SMILES string of the molecule is CCCOCCC(C)CCC(C)CC. The summed E-state index contributed by atoms with van der Waals surface area (Å²) in [4.78, 5) is 0. The smallest absolute Gasteiger partial charge is 0.0468 e. The third kappa shape index (κ3) is 8.55. The third-order valence-corrected chi connectivity index (χ3v) is 2.95. The molecule has 0 saturated heterocycles. The van der Waals surface area contributed by atoms with Gasteiger partial charge >= 0.3 is 0 Å². The lowest BCUT2D eigenvalue weighted by Gasteiger charge is -2.14. The highest BCUT2D eigenvalue weighted by atomic mass is 16.5. The van der Waals surface area contributed by atoms with Gasteiger partial charge in [0.2, 0.25) is 0 Å². The lowest BCUT2D eigenvalue weighted by Crippen LogP contribution is -2.04. The van der Waals surface area contributed by atoms with Crippen LogP contribution in [-0.4, -0.2) is 13.2 Å². The minimum atomic E-state index is 0.834. The van der Waals surface area contributed by atoms with Crippen LogP contribution in [0.25, 0.3) is 0 Å². The Balaban J connectivity index is 3.23. The molecule has 14 heavy (non-hydrogen) atoms. The summed E-state index contributed by atoms with van der Waals surface area (Å²) in [5.74, 6) is 1.73. The van der Waals surface area contributed by atoms with E-state index in [-0.39, 0.29) is 0 Å². The van der Waals surface area contributed by atoms with Crippen LogP contribution in [-0.2, 0) is 4.74 Å². The Morgan fingerprint density at radius 1 is 0.857 bits per heavy atom. The Hall–Kier alpha value is -0.0400. The summed E-state index contributed by atoms with van der Waals surface area (Å²) >= 11 is 0. The molecule has 2 atom stereocenters. The predicted octanol–water partition coefficient (Wildman–Crippen LogP) is 4.27. The van der Waals surface area contributed by atoms with Crippen LogP contribution in [0.15, 0.2) is 0 Å². The third-order valence-electron chi connectivity index (χ3n) is 2.95. The molecule has 1 heteroatoms. The Kier molecular flexibility index (Phi) is 9.49. The van der Waals surface area contributed by atoms with Crippen molar-refractivity contribution < 1.29 is 4.74 Å². The van der Waals surface area contributed by atoms with Gasteiger partial charge in [0.05, 0.1) is 0 Å². The first-order valence-electron chi connectivity index (χ1n) is 6.28. The van der Waals surface area contributed by atoms with Crippen LogP contribution in [0.4, 0.5) is 0 Å². The number of hydrogen-bond acceptors (Lipinski definition) is 1. The van der Waals surface area contributed by atoms with E-state index in [1.165, 1.54) is 25.7 Å². The zero-order valence-electron chi connectivity index (χ0n) is 10.5. The Labute approximate surface area is 90.2 Å². The van der Waals surface area contributed by atoms with E-state index in [0.29, 0.717) is 0 Å². The maximum absolute atomic E-state index is 5.49. The topological polar surface area (TPSA) is 9.23 Å². The molecule has 0 saturated carbocycles. The van der Waals surface area contributed by atoms with E-state index in [1.54, 1.807) is 0 Å². The molecule has 0 aromatic rings. The minimum Gasteiger partial charge on any atom is -0.381 e. The van der Waals surface area contributed by atoms with Crippen molar-refractivity contribution in [1.29, 1.82) is 0 Å². The summed E-state index contributed by atoms with van der Waals surface area (Å²) in [5.41, 5.74) is 0. The van der Waals surface area contributed by atoms with Crippen molar-refractivity contribution in [3.8, 4) is 0 Å². The lowest BCUT2D eigenvalue weighted by molar-refractivity contribution is 0.120. The number of hydrogen-bond donors (Lipinski definition) is 0. The predicted molar refractivity (Wildman–Crippen MR) is 63.6 cm³/mol. The molecule has 1 nitrogen and oxygen atoms in total. The summed E-state index contributed by atoms with van der Waals surface area (Å²) < 4.78 is 5.49. The Bertz CT molecular complexity index is 112. The fourth-order valence-corrected chi connectivity index (χ4v) is 1.45. The first-order chi connectivity index (χ1) is 6.70. The molecule has 0 aliphatic rings. The van der Waals surface area contributed by atoms with Crippen LogP contribution in [0.3, 0.4) is 0 Å². The number of rotatable bonds is 9. The molecule has 0 aromatic carbocycles. The van der Waals surface area contributed by atoms with E-state index in [0.717, 1.165) is 31.5 Å². The summed E-state index contributed by atoms with van der Waals surface area (Å²) in [7, 11) is 0. The van der Waals surface area contributed by atoms with Crippen LogP contribution >= 0.6 is 0 Å². The molecule has 0 rings (SSSR count). The van der Waals surface area contributed by atoms with Gasteiger partial charge in [-0.2, -0.15) is 0 Å². The van der Waals surface area contributed by atoms with Crippen LogP contribution in [0.1, 0.15) is 59.8 Å². The van der Waals surface area contributed by atoms with Gasteiger partial charge in [-0.25, -0.2) is 0 Å². The van der Waals surface area contributed by atoms with Gasteiger partial charge in [-0.05, 0) is 24.7 Å². The van der Waals surface area contributed by atoms with Crippen molar-refractivity contribution in [3.05, 3.63) is 0 Å². The van der Waals surface area contributed by atoms with E-state index in [9.17, 15) is 0 Å². The van der Waals surface area contributed by atoms with Gasteiger partial charge in [-0.3, -0.25) is 0 Å². The summed E-state index contributed by atoms with van der Waals surface area (Å²) in [5, 5.41) is 0. The fourth-order valence-electron chi connectivity index (χ4n) is 1.45. The highest BCUT2D eigenvalue weighted by molar-refractivity contribution is 4.57. The first-order valence-corrected chi connectivity index (χ1v) is 6.28. The van der Waals surface area contributed by atoms with Gasteiger partial charge in [-0.15, -0.1) is 0 Å². The first kappa shape index (κ1) is 14.0. The van der Waals surface area contributed by atoms with Crippen molar-refractivity contribution in [1.82, 2.24) is 0 Å². The monoisotopic (exact) mass is 200 g/mol. The molecule has 2 unspecified atom stereocenters. The molecule has 0 heterocycles. The van der Waals surface area contributed by atoms with Crippen molar-refractivity contribution in [2.45, 2.75) is 59.8 Å². The molecule has 0 amide bonds. The largest absolute Gasteiger partial charge is 0.381 e. The highest BCUT2D eigenvalue weighted by Gasteiger charge is 2.05. The normalized spacial score (nSPS) is 15.4. The van der Waals surface area contributed by atoms with E-state index in [4.69, 9.17) is 4.74 Å². The summed E-state index contributed by atoms with van der Waals surface area (Å²) in [6, 6.07) is 0. The average molecular weight is 200 g/mol. The molecule has 0 fully saturated rings. The molecule has 0 spiro atoms. The quantitative estimate of drug-likeness (QED) is 0.505. The van der Waals surface area contributed by atoms with Gasteiger partial charge in [0.25, 0.3) is 0 Å².